The Morgan fingerprint density at radius 1 is 1.36 bits per heavy atom. The van der Waals surface area contributed by atoms with E-state index >= 15 is 0 Å². The second kappa shape index (κ2) is 5.79. The van der Waals surface area contributed by atoms with E-state index in [0.717, 1.165) is 24.9 Å². The van der Waals surface area contributed by atoms with E-state index in [4.69, 9.17) is 0 Å². The van der Waals surface area contributed by atoms with Gasteiger partial charge >= 0.3 is 0 Å². The summed E-state index contributed by atoms with van der Waals surface area (Å²) in [6.07, 6.45) is 7.59. The summed E-state index contributed by atoms with van der Waals surface area (Å²) in [5.74, 6) is 1.36. The Hall–Kier alpha value is 0.01000. The quantitative estimate of drug-likeness (QED) is 0.711. The van der Waals surface area contributed by atoms with Crippen molar-refractivity contribution in [3.8, 4) is 0 Å². The number of hydrogen-bond donors (Lipinski definition) is 1. The molecular formula is C11H20N2S. The van der Waals surface area contributed by atoms with Crippen LogP contribution in [0.4, 0.5) is 0 Å². The van der Waals surface area contributed by atoms with E-state index in [1.54, 1.807) is 0 Å². The Morgan fingerprint density at radius 2 is 2.21 bits per heavy atom. The van der Waals surface area contributed by atoms with Gasteiger partial charge in [-0.05, 0) is 18.6 Å². The Labute approximate surface area is 91.1 Å². The van der Waals surface area contributed by atoms with Crippen molar-refractivity contribution in [3.63, 3.8) is 0 Å². The van der Waals surface area contributed by atoms with E-state index < -0.39 is 0 Å². The van der Waals surface area contributed by atoms with Crippen molar-refractivity contribution in [1.82, 2.24) is 10.2 Å². The zero-order chi connectivity index (χ0) is 9.64. The third kappa shape index (κ3) is 3.30. The van der Waals surface area contributed by atoms with E-state index in [1.807, 2.05) is 0 Å². The smallest absolute Gasteiger partial charge is 0.0227 e. The van der Waals surface area contributed by atoms with Crippen molar-refractivity contribution in [1.29, 1.82) is 0 Å². The van der Waals surface area contributed by atoms with Gasteiger partial charge in [-0.25, -0.2) is 0 Å². The third-order valence-corrected chi connectivity index (χ3v) is 4.23. The Kier molecular flexibility index (Phi) is 4.35. The van der Waals surface area contributed by atoms with Gasteiger partial charge in [0.15, 0.2) is 0 Å². The van der Waals surface area contributed by atoms with Crippen molar-refractivity contribution < 1.29 is 0 Å². The van der Waals surface area contributed by atoms with E-state index in [-0.39, 0.29) is 0 Å². The van der Waals surface area contributed by atoms with E-state index in [1.165, 1.54) is 31.7 Å². The monoisotopic (exact) mass is 212 g/mol. The summed E-state index contributed by atoms with van der Waals surface area (Å²) in [4.78, 5) is 2.52. The van der Waals surface area contributed by atoms with Gasteiger partial charge in [0.25, 0.3) is 0 Å². The van der Waals surface area contributed by atoms with Crippen LogP contribution in [-0.2, 0) is 0 Å². The molecule has 2 nitrogen and oxygen atoms in total. The van der Waals surface area contributed by atoms with Crippen molar-refractivity contribution in [2.24, 2.45) is 0 Å². The second-order valence-corrected chi connectivity index (χ2v) is 5.38. The zero-order valence-corrected chi connectivity index (χ0v) is 9.56. The van der Waals surface area contributed by atoms with Crippen LogP contribution < -0.4 is 5.32 Å². The highest BCUT2D eigenvalue weighted by molar-refractivity contribution is 8.00. The molecule has 0 bridgehead atoms. The summed E-state index contributed by atoms with van der Waals surface area (Å²) < 4.78 is 0. The van der Waals surface area contributed by atoms with Gasteiger partial charge in [0.2, 0.25) is 0 Å². The van der Waals surface area contributed by atoms with Crippen LogP contribution in [0.3, 0.4) is 0 Å². The predicted octanol–water partition coefficient (Wildman–Crippen LogP) is 1.34. The molecule has 80 valence electrons. The first-order valence-electron chi connectivity index (χ1n) is 5.66. The van der Waals surface area contributed by atoms with Crippen molar-refractivity contribution >= 4 is 11.8 Å². The van der Waals surface area contributed by atoms with Gasteiger partial charge in [0, 0.05) is 38.0 Å². The number of thioether (sulfide) groups is 1. The largest absolute Gasteiger partial charge is 0.314 e. The topological polar surface area (TPSA) is 15.3 Å². The lowest BCUT2D eigenvalue weighted by molar-refractivity contribution is 0.264. The van der Waals surface area contributed by atoms with Gasteiger partial charge < -0.3 is 5.32 Å². The van der Waals surface area contributed by atoms with Gasteiger partial charge in [0.05, 0.1) is 0 Å². The zero-order valence-electron chi connectivity index (χ0n) is 8.74. The Bertz CT molecular complexity index is 182. The van der Waals surface area contributed by atoms with Gasteiger partial charge in [-0.2, -0.15) is 11.8 Å². The molecule has 1 unspecified atom stereocenters. The van der Waals surface area contributed by atoms with Crippen LogP contribution in [0, 0.1) is 0 Å². The molecule has 0 aromatic carbocycles. The molecule has 0 aromatic rings. The molecule has 2 heterocycles. The van der Waals surface area contributed by atoms with Gasteiger partial charge in [-0.15, -0.1) is 0 Å². The second-order valence-electron chi connectivity index (χ2n) is 4.03. The molecule has 0 saturated carbocycles. The Morgan fingerprint density at radius 3 is 2.93 bits per heavy atom. The van der Waals surface area contributed by atoms with Crippen molar-refractivity contribution in [2.45, 2.75) is 18.1 Å². The highest BCUT2D eigenvalue weighted by Gasteiger charge is 2.12. The van der Waals surface area contributed by atoms with Crippen LogP contribution >= 0.6 is 11.8 Å². The molecule has 3 heteroatoms. The molecule has 14 heavy (non-hydrogen) atoms. The molecule has 0 aromatic heterocycles. The molecule has 2 aliphatic heterocycles. The van der Waals surface area contributed by atoms with Crippen LogP contribution in [-0.4, -0.2) is 48.6 Å². The number of rotatable bonds is 3. The number of nitrogens with zero attached hydrogens (tertiary/aromatic N) is 1. The van der Waals surface area contributed by atoms with Crippen LogP contribution in [0.2, 0.25) is 0 Å². The van der Waals surface area contributed by atoms with E-state index in [9.17, 15) is 0 Å². The van der Waals surface area contributed by atoms with E-state index in [2.05, 4.69) is 34.1 Å². The average Bonchev–Trinajstić information content (AvgIpc) is 2.72. The summed E-state index contributed by atoms with van der Waals surface area (Å²) in [5, 5.41) is 4.19. The first-order valence-corrected chi connectivity index (χ1v) is 6.71. The lowest BCUT2D eigenvalue weighted by Crippen LogP contribution is -2.43. The summed E-state index contributed by atoms with van der Waals surface area (Å²) in [6.45, 7) is 5.89. The fourth-order valence-corrected chi connectivity index (χ4v) is 3.20. The SMILES string of the molecule is C(=C/C1CCCS1)/CN1CCNCC1. The molecular weight excluding hydrogens is 192 g/mol. The standard InChI is InChI=1S/C11H20N2S/c1(3-11-4-2-10-14-11)7-13-8-5-12-6-9-13/h1,3,11-12H,2,4-10H2/b3-1-. The Balaban J connectivity index is 1.64. The maximum Gasteiger partial charge on any atom is 0.0227 e. The maximum atomic E-state index is 3.38. The normalized spacial score (nSPS) is 30.1. The molecule has 1 N–H and O–H groups in total. The minimum atomic E-state index is 0.818. The number of piperazine rings is 1. The lowest BCUT2D eigenvalue weighted by atomic mass is 10.2. The molecule has 0 aliphatic carbocycles. The van der Waals surface area contributed by atoms with Gasteiger partial charge in [-0.1, -0.05) is 12.2 Å². The third-order valence-electron chi connectivity index (χ3n) is 2.89. The van der Waals surface area contributed by atoms with E-state index in [0.29, 0.717) is 0 Å². The van der Waals surface area contributed by atoms with Crippen molar-refractivity contribution in [2.75, 3.05) is 38.5 Å². The highest BCUT2D eigenvalue weighted by Crippen LogP contribution is 2.26. The van der Waals surface area contributed by atoms with Crippen LogP contribution in [0.5, 0.6) is 0 Å². The van der Waals surface area contributed by atoms with Crippen LogP contribution in [0.25, 0.3) is 0 Å². The van der Waals surface area contributed by atoms with Crippen LogP contribution in [0.15, 0.2) is 12.2 Å². The molecule has 0 radical (unpaired) electrons. The molecule has 0 spiro atoms. The summed E-state index contributed by atoms with van der Waals surface area (Å²) in [7, 11) is 0. The molecule has 0 amide bonds. The minimum Gasteiger partial charge on any atom is -0.314 e. The maximum absolute atomic E-state index is 3.38. The first kappa shape index (κ1) is 10.5. The fourth-order valence-electron chi connectivity index (χ4n) is 2.01. The summed E-state index contributed by atoms with van der Waals surface area (Å²) in [6, 6.07) is 0. The molecule has 2 fully saturated rings. The number of nitrogens with one attached hydrogen (secondary N) is 1. The highest BCUT2D eigenvalue weighted by atomic mass is 32.2. The fraction of sp³-hybridized carbons (Fsp3) is 0.818. The molecule has 2 rings (SSSR count). The molecule has 1 atom stereocenters. The average molecular weight is 212 g/mol. The van der Waals surface area contributed by atoms with Gasteiger partial charge in [0.1, 0.15) is 0 Å². The lowest BCUT2D eigenvalue weighted by Gasteiger charge is -2.25. The predicted molar refractivity (Wildman–Crippen MR) is 63.9 cm³/mol. The molecule has 2 saturated heterocycles. The minimum absolute atomic E-state index is 0.818. The van der Waals surface area contributed by atoms with Crippen molar-refractivity contribution in [3.05, 3.63) is 12.2 Å². The van der Waals surface area contributed by atoms with Crippen LogP contribution in [0.1, 0.15) is 12.8 Å². The summed E-state index contributed by atoms with van der Waals surface area (Å²) in [5.41, 5.74) is 0. The summed E-state index contributed by atoms with van der Waals surface area (Å²) >= 11 is 2.11. The first-order chi connectivity index (χ1) is 6.95. The number of hydrogen-bond acceptors (Lipinski definition) is 3. The molecule has 2 aliphatic rings. The van der Waals surface area contributed by atoms with Gasteiger partial charge in [-0.3, -0.25) is 4.90 Å².